The molecular weight excluding hydrogens is 382 g/mol. The Balaban J connectivity index is 1.39. The minimum atomic E-state index is -3.69. The molecule has 1 amide bonds. The van der Waals surface area contributed by atoms with Crippen molar-refractivity contribution >= 4 is 21.6 Å². The summed E-state index contributed by atoms with van der Waals surface area (Å²) in [7, 11) is -3.69. The zero-order valence-corrected chi connectivity index (χ0v) is 15.5. The molecule has 1 saturated heterocycles. The van der Waals surface area contributed by atoms with Crippen molar-refractivity contribution in [1.82, 2.24) is 24.2 Å². The highest BCUT2D eigenvalue weighted by Crippen LogP contribution is 2.35. The number of amides is 1. The summed E-state index contributed by atoms with van der Waals surface area (Å²) in [5, 5.41) is 6.99. The number of hydrogen-bond acceptors (Lipinski definition) is 6. The van der Waals surface area contributed by atoms with E-state index in [9.17, 15) is 13.2 Å². The minimum Gasteiger partial charge on any atom is -0.490 e. The molecule has 5 rings (SSSR count). The van der Waals surface area contributed by atoms with Crippen LogP contribution < -0.4 is 10.1 Å². The summed E-state index contributed by atoms with van der Waals surface area (Å²) in [6.45, 7) is 0.449. The number of rotatable bonds is 2. The maximum absolute atomic E-state index is 13.1. The van der Waals surface area contributed by atoms with E-state index < -0.39 is 10.0 Å². The van der Waals surface area contributed by atoms with E-state index in [0.717, 1.165) is 0 Å². The van der Waals surface area contributed by atoms with Crippen molar-refractivity contribution in [3.05, 3.63) is 54.5 Å². The first-order chi connectivity index (χ1) is 13.5. The maximum Gasteiger partial charge on any atom is 0.270 e. The van der Waals surface area contributed by atoms with Gasteiger partial charge in [-0.15, -0.1) is 0 Å². The van der Waals surface area contributed by atoms with Gasteiger partial charge in [0.25, 0.3) is 5.91 Å². The number of fused-ring (bicyclic) bond motifs is 3. The van der Waals surface area contributed by atoms with Gasteiger partial charge in [0.1, 0.15) is 29.3 Å². The Hall–Kier alpha value is -2.98. The molecule has 0 spiro atoms. The Bertz CT molecular complexity index is 1180. The van der Waals surface area contributed by atoms with Crippen LogP contribution in [0.1, 0.15) is 16.9 Å². The number of nitrogens with zero attached hydrogens (tertiary/aromatic N) is 4. The molecule has 0 aliphatic carbocycles. The Morgan fingerprint density at radius 3 is 2.93 bits per heavy atom. The molecule has 2 atom stereocenters. The topological polar surface area (TPSA) is 106 Å². The summed E-state index contributed by atoms with van der Waals surface area (Å²) in [6.07, 6.45) is 1.86. The van der Waals surface area contributed by atoms with E-state index in [4.69, 9.17) is 4.74 Å². The molecule has 0 saturated carbocycles. The lowest BCUT2D eigenvalue weighted by Gasteiger charge is -2.19. The minimum absolute atomic E-state index is 0.164. The monoisotopic (exact) mass is 399 g/mol. The van der Waals surface area contributed by atoms with Gasteiger partial charge in [0, 0.05) is 12.6 Å². The zero-order valence-electron chi connectivity index (χ0n) is 14.7. The van der Waals surface area contributed by atoms with Gasteiger partial charge in [-0.3, -0.25) is 4.79 Å². The molecule has 1 N–H and O–H groups in total. The van der Waals surface area contributed by atoms with Gasteiger partial charge in [0.2, 0.25) is 10.0 Å². The molecule has 4 heterocycles. The van der Waals surface area contributed by atoms with E-state index in [2.05, 4.69) is 15.4 Å². The first-order valence-corrected chi connectivity index (χ1v) is 10.3. The molecule has 2 aliphatic heterocycles. The largest absolute Gasteiger partial charge is 0.490 e. The standard InChI is InChI=1S/C18H17N5O4S/c24-18(14-4-3-7-17-19-11-20-23(14)17)21-12-8-13-10-27-15-5-1-2-6-16(15)28(25,26)22(13)9-12/h1-7,11-13H,8-10H2,(H,21,24)/t12-,13-/m0/s1. The van der Waals surface area contributed by atoms with Crippen LogP contribution in [0.25, 0.3) is 5.65 Å². The highest BCUT2D eigenvalue weighted by molar-refractivity contribution is 7.89. The van der Waals surface area contributed by atoms with Gasteiger partial charge in [-0.2, -0.15) is 9.40 Å². The number of carbonyl (C=O) groups excluding carboxylic acids is 1. The molecule has 28 heavy (non-hydrogen) atoms. The first kappa shape index (κ1) is 17.1. The van der Waals surface area contributed by atoms with Crippen molar-refractivity contribution in [3.8, 4) is 5.75 Å². The van der Waals surface area contributed by atoms with Crippen LogP contribution in [-0.4, -0.2) is 58.5 Å². The molecule has 3 aromatic rings. The molecule has 9 nitrogen and oxygen atoms in total. The molecule has 0 radical (unpaired) electrons. The van der Waals surface area contributed by atoms with Gasteiger partial charge in [-0.05, 0) is 30.7 Å². The molecular formula is C18H17N5O4S. The van der Waals surface area contributed by atoms with Crippen LogP contribution in [0.4, 0.5) is 0 Å². The first-order valence-electron chi connectivity index (χ1n) is 8.87. The number of carbonyl (C=O) groups is 1. The fraction of sp³-hybridized carbons (Fsp3) is 0.278. The van der Waals surface area contributed by atoms with Crippen molar-refractivity contribution < 1.29 is 17.9 Å². The third-order valence-corrected chi connectivity index (χ3v) is 7.06. The molecule has 1 aromatic carbocycles. The lowest BCUT2D eigenvalue weighted by atomic mass is 10.1. The van der Waals surface area contributed by atoms with Crippen LogP contribution in [0.5, 0.6) is 5.75 Å². The number of pyridine rings is 1. The quantitative estimate of drug-likeness (QED) is 0.679. The number of ether oxygens (including phenoxy) is 1. The fourth-order valence-electron chi connectivity index (χ4n) is 3.81. The number of aromatic nitrogens is 3. The lowest BCUT2D eigenvalue weighted by molar-refractivity contribution is 0.0931. The molecule has 144 valence electrons. The second kappa shape index (κ2) is 6.28. The second-order valence-corrected chi connectivity index (χ2v) is 8.69. The second-order valence-electron chi connectivity index (χ2n) is 6.83. The lowest BCUT2D eigenvalue weighted by Crippen LogP contribution is -2.40. The van der Waals surface area contributed by atoms with Gasteiger partial charge < -0.3 is 10.1 Å². The number of sulfonamides is 1. The Kier molecular flexibility index (Phi) is 3.84. The summed E-state index contributed by atoms with van der Waals surface area (Å²) in [5.74, 6) is 0.0489. The average molecular weight is 399 g/mol. The normalized spacial score (nSPS) is 23.4. The highest BCUT2D eigenvalue weighted by Gasteiger charge is 2.44. The predicted molar refractivity (Wildman–Crippen MR) is 98.5 cm³/mol. The summed E-state index contributed by atoms with van der Waals surface area (Å²) >= 11 is 0. The van der Waals surface area contributed by atoms with Gasteiger partial charge in [-0.1, -0.05) is 18.2 Å². The van der Waals surface area contributed by atoms with Crippen molar-refractivity contribution in [2.45, 2.75) is 23.4 Å². The van der Waals surface area contributed by atoms with Crippen molar-refractivity contribution in [3.63, 3.8) is 0 Å². The summed E-state index contributed by atoms with van der Waals surface area (Å²) in [6, 6.07) is 11.1. The predicted octanol–water partition coefficient (Wildman–Crippen LogP) is 0.683. The third-order valence-electron chi connectivity index (χ3n) is 5.10. The SMILES string of the molecule is O=C(N[C@H]1C[C@H]2COc3ccccc3S(=O)(=O)N2C1)c1cccc2ncnn12. The van der Waals surface area contributed by atoms with Crippen molar-refractivity contribution in [2.24, 2.45) is 0 Å². The van der Waals surface area contributed by atoms with E-state index in [1.807, 2.05) is 0 Å². The van der Waals surface area contributed by atoms with Crippen LogP contribution in [0.3, 0.4) is 0 Å². The Morgan fingerprint density at radius 1 is 1.18 bits per heavy atom. The van der Waals surface area contributed by atoms with Gasteiger partial charge in [-0.25, -0.2) is 17.9 Å². The van der Waals surface area contributed by atoms with Crippen LogP contribution >= 0.6 is 0 Å². The van der Waals surface area contributed by atoms with Crippen molar-refractivity contribution in [2.75, 3.05) is 13.2 Å². The number of hydrogen-bond donors (Lipinski definition) is 1. The summed E-state index contributed by atoms with van der Waals surface area (Å²) in [5.41, 5.74) is 0.919. The van der Waals surface area contributed by atoms with E-state index >= 15 is 0 Å². The van der Waals surface area contributed by atoms with E-state index in [0.29, 0.717) is 23.5 Å². The van der Waals surface area contributed by atoms with Crippen LogP contribution in [-0.2, 0) is 10.0 Å². The number of benzene rings is 1. The number of nitrogens with one attached hydrogen (secondary N) is 1. The summed E-state index contributed by atoms with van der Waals surface area (Å²) in [4.78, 5) is 17.0. The molecule has 10 heteroatoms. The number of para-hydroxylation sites is 1. The van der Waals surface area contributed by atoms with E-state index in [1.54, 1.807) is 42.5 Å². The highest BCUT2D eigenvalue weighted by atomic mass is 32.2. The van der Waals surface area contributed by atoms with Gasteiger partial charge >= 0.3 is 0 Å². The Labute approximate surface area is 161 Å². The molecule has 2 aliphatic rings. The van der Waals surface area contributed by atoms with E-state index in [-0.39, 0.29) is 36.0 Å². The van der Waals surface area contributed by atoms with Crippen LogP contribution in [0, 0.1) is 0 Å². The maximum atomic E-state index is 13.1. The van der Waals surface area contributed by atoms with Crippen LogP contribution in [0.2, 0.25) is 0 Å². The fourth-order valence-corrected chi connectivity index (χ4v) is 5.61. The zero-order chi connectivity index (χ0) is 19.3. The third kappa shape index (κ3) is 2.64. The molecule has 0 bridgehead atoms. The molecule has 2 aromatic heterocycles. The van der Waals surface area contributed by atoms with Gasteiger partial charge in [0.15, 0.2) is 5.65 Å². The van der Waals surface area contributed by atoms with Gasteiger partial charge in [0.05, 0.1) is 6.04 Å². The summed E-state index contributed by atoms with van der Waals surface area (Å²) < 4.78 is 34.7. The smallest absolute Gasteiger partial charge is 0.270 e. The molecule has 1 fully saturated rings. The van der Waals surface area contributed by atoms with Crippen LogP contribution in [0.15, 0.2) is 53.7 Å². The average Bonchev–Trinajstić information content (AvgIpc) is 3.31. The van der Waals surface area contributed by atoms with Crippen molar-refractivity contribution in [1.29, 1.82) is 0 Å². The van der Waals surface area contributed by atoms with E-state index in [1.165, 1.54) is 15.1 Å². The Morgan fingerprint density at radius 2 is 2.04 bits per heavy atom. The molecule has 0 unspecified atom stereocenters.